The van der Waals surface area contributed by atoms with Gasteiger partial charge in [-0.15, -0.1) is 5.10 Å². The molecule has 0 saturated carbocycles. The van der Waals surface area contributed by atoms with E-state index in [0.717, 1.165) is 23.6 Å². The van der Waals surface area contributed by atoms with Gasteiger partial charge in [0.05, 0.1) is 11.7 Å². The molecular weight excluding hydrogens is 257 g/mol. The van der Waals surface area contributed by atoms with Crippen LogP contribution in [0.4, 0.5) is 4.39 Å². The van der Waals surface area contributed by atoms with Gasteiger partial charge < -0.3 is 5.32 Å². The number of halogens is 1. The first-order valence-electron chi connectivity index (χ1n) is 6.77. The smallest absolute Gasteiger partial charge is 0.173 e. The van der Waals surface area contributed by atoms with Gasteiger partial charge in [-0.05, 0) is 60.5 Å². The standard InChI is InChI=1S/C14H20FN5/c1-9(2)8-16-11(4)14-17-18-19-20(14)13-6-5-12(15)7-10(13)3/h5-7,9,11,16H,8H2,1-4H3. The van der Waals surface area contributed by atoms with Crippen molar-refractivity contribution in [1.82, 2.24) is 25.5 Å². The molecule has 0 spiro atoms. The molecule has 0 amide bonds. The molecule has 108 valence electrons. The highest BCUT2D eigenvalue weighted by molar-refractivity contribution is 5.40. The molecule has 1 atom stereocenters. The van der Waals surface area contributed by atoms with E-state index in [1.807, 2.05) is 13.8 Å². The Morgan fingerprint density at radius 1 is 1.30 bits per heavy atom. The summed E-state index contributed by atoms with van der Waals surface area (Å²) in [7, 11) is 0. The Bertz CT molecular complexity index is 579. The van der Waals surface area contributed by atoms with E-state index in [1.165, 1.54) is 12.1 Å². The Hall–Kier alpha value is -1.82. The maximum atomic E-state index is 13.2. The minimum atomic E-state index is -0.258. The molecule has 1 heterocycles. The van der Waals surface area contributed by atoms with Gasteiger partial charge in [-0.25, -0.2) is 4.39 Å². The Morgan fingerprint density at radius 3 is 2.70 bits per heavy atom. The van der Waals surface area contributed by atoms with Gasteiger partial charge in [0, 0.05) is 0 Å². The summed E-state index contributed by atoms with van der Waals surface area (Å²) in [5.41, 5.74) is 1.60. The van der Waals surface area contributed by atoms with Crippen LogP contribution >= 0.6 is 0 Å². The first-order valence-corrected chi connectivity index (χ1v) is 6.77. The van der Waals surface area contributed by atoms with Crippen LogP contribution in [0.3, 0.4) is 0 Å². The van der Waals surface area contributed by atoms with Crippen LogP contribution in [0, 0.1) is 18.7 Å². The van der Waals surface area contributed by atoms with Gasteiger partial charge in [0.15, 0.2) is 5.82 Å². The number of nitrogens with zero attached hydrogens (tertiary/aromatic N) is 4. The average Bonchev–Trinajstić information content (AvgIpc) is 2.85. The van der Waals surface area contributed by atoms with Crippen LogP contribution in [0.25, 0.3) is 5.69 Å². The molecule has 1 N–H and O–H groups in total. The number of benzene rings is 1. The number of tetrazole rings is 1. The lowest BCUT2D eigenvalue weighted by Crippen LogP contribution is -2.26. The van der Waals surface area contributed by atoms with Crippen LogP contribution in [-0.2, 0) is 0 Å². The van der Waals surface area contributed by atoms with Crippen molar-refractivity contribution >= 4 is 0 Å². The van der Waals surface area contributed by atoms with Crippen molar-refractivity contribution in [2.75, 3.05) is 6.54 Å². The Morgan fingerprint density at radius 2 is 2.05 bits per heavy atom. The molecule has 1 aromatic carbocycles. The summed E-state index contributed by atoms with van der Waals surface area (Å²) in [5.74, 6) is 1.02. The molecule has 2 aromatic rings. The minimum Gasteiger partial charge on any atom is -0.307 e. The molecule has 0 bridgehead atoms. The van der Waals surface area contributed by atoms with E-state index in [2.05, 4.69) is 34.7 Å². The molecule has 0 fully saturated rings. The summed E-state index contributed by atoms with van der Waals surface area (Å²) in [6.45, 7) is 9.04. The van der Waals surface area contributed by atoms with E-state index in [0.29, 0.717) is 5.92 Å². The molecular formula is C14H20FN5. The summed E-state index contributed by atoms with van der Waals surface area (Å²) in [4.78, 5) is 0. The van der Waals surface area contributed by atoms with E-state index in [1.54, 1.807) is 10.7 Å². The van der Waals surface area contributed by atoms with Crippen LogP contribution in [-0.4, -0.2) is 26.8 Å². The first kappa shape index (κ1) is 14.6. The molecule has 20 heavy (non-hydrogen) atoms. The number of hydrogen-bond acceptors (Lipinski definition) is 4. The zero-order valence-corrected chi connectivity index (χ0v) is 12.3. The van der Waals surface area contributed by atoms with Crippen LogP contribution in [0.2, 0.25) is 0 Å². The lowest BCUT2D eigenvalue weighted by Gasteiger charge is -2.15. The van der Waals surface area contributed by atoms with Crippen LogP contribution in [0.15, 0.2) is 18.2 Å². The van der Waals surface area contributed by atoms with Crippen molar-refractivity contribution in [1.29, 1.82) is 0 Å². The van der Waals surface area contributed by atoms with Crippen molar-refractivity contribution in [2.45, 2.75) is 33.7 Å². The lowest BCUT2D eigenvalue weighted by atomic mass is 10.2. The van der Waals surface area contributed by atoms with Gasteiger partial charge in [0.2, 0.25) is 0 Å². The second kappa shape index (κ2) is 6.09. The third-order valence-electron chi connectivity index (χ3n) is 3.10. The molecule has 0 radical (unpaired) electrons. The predicted octanol–water partition coefficient (Wildman–Crippen LogP) is 2.42. The van der Waals surface area contributed by atoms with E-state index < -0.39 is 0 Å². The van der Waals surface area contributed by atoms with Crippen molar-refractivity contribution in [3.63, 3.8) is 0 Å². The van der Waals surface area contributed by atoms with Gasteiger partial charge in [0.1, 0.15) is 5.82 Å². The van der Waals surface area contributed by atoms with E-state index >= 15 is 0 Å². The van der Waals surface area contributed by atoms with Gasteiger partial charge in [0.25, 0.3) is 0 Å². The Balaban J connectivity index is 2.28. The number of rotatable bonds is 5. The summed E-state index contributed by atoms with van der Waals surface area (Å²) in [5, 5.41) is 15.2. The minimum absolute atomic E-state index is 0.0249. The second-order valence-corrected chi connectivity index (χ2v) is 5.40. The van der Waals surface area contributed by atoms with Gasteiger partial charge >= 0.3 is 0 Å². The van der Waals surface area contributed by atoms with Gasteiger partial charge in [-0.1, -0.05) is 13.8 Å². The Kier molecular flexibility index (Phi) is 4.44. The molecule has 0 aliphatic carbocycles. The highest BCUT2D eigenvalue weighted by Gasteiger charge is 2.17. The van der Waals surface area contributed by atoms with Crippen LogP contribution in [0.1, 0.15) is 38.2 Å². The molecule has 2 rings (SSSR count). The molecule has 0 saturated heterocycles. The normalized spacial score (nSPS) is 12.9. The van der Waals surface area contributed by atoms with E-state index in [-0.39, 0.29) is 11.9 Å². The zero-order valence-electron chi connectivity index (χ0n) is 12.3. The van der Waals surface area contributed by atoms with E-state index in [4.69, 9.17) is 0 Å². The molecule has 0 aliphatic heterocycles. The highest BCUT2D eigenvalue weighted by atomic mass is 19.1. The highest BCUT2D eigenvalue weighted by Crippen LogP contribution is 2.18. The molecule has 1 unspecified atom stereocenters. The summed E-state index contributed by atoms with van der Waals surface area (Å²) < 4.78 is 14.8. The Labute approximate surface area is 118 Å². The maximum Gasteiger partial charge on any atom is 0.173 e. The molecule has 6 heteroatoms. The fourth-order valence-corrected chi connectivity index (χ4v) is 2.00. The molecule has 5 nitrogen and oxygen atoms in total. The second-order valence-electron chi connectivity index (χ2n) is 5.40. The van der Waals surface area contributed by atoms with Crippen molar-refractivity contribution in [3.8, 4) is 5.69 Å². The molecule has 0 aliphatic rings. The van der Waals surface area contributed by atoms with Gasteiger partial charge in [-0.3, -0.25) is 0 Å². The van der Waals surface area contributed by atoms with Crippen molar-refractivity contribution in [2.24, 2.45) is 5.92 Å². The van der Waals surface area contributed by atoms with Gasteiger partial charge in [-0.2, -0.15) is 4.68 Å². The number of aromatic nitrogens is 4. The third kappa shape index (κ3) is 3.19. The van der Waals surface area contributed by atoms with Crippen molar-refractivity contribution in [3.05, 3.63) is 35.4 Å². The number of nitrogens with one attached hydrogen (secondary N) is 1. The van der Waals surface area contributed by atoms with E-state index in [9.17, 15) is 4.39 Å². The predicted molar refractivity (Wildman–Crippen MR) is 75.1 cm³/mol. The average molecular weight is 277 g/mol. The fourth-order valence-electron chi connectivity index (χ4n) is 2.00. The topological polar surface area (TPSA) is 55.6 Å². The zero-order chi connectivity index (χ0) is 14.7. The van der Waals surface area contributed by atoms with Crippen molar-refractivity contribution < 1.29 is 4.39 Å². The van der Waals surface area contributed by atoms with Crippen LogP contribution < -0.4 is 5.32 Å². The quantitative estimate of drug-likeness (QED) is 0.912. The fraction of sp³-hybridized carbons (Fsp3) is 0.500. The summed E-state index contributed by atoms with van der Waals surface area (Å²) in [6, 6.07) is 4.61. The van der Waals surface area contributed by atoms with Crippen LogP contribution in [0.5, 0.6) is 0 Å². The molecule has 1 aromatic heterocycles. The largest absolute Gasteiger partial charge is 0.307 e. The number of aryl methyl sites for hydroxylation is 1. The first-order chi connectivity index (χ1) is 9.49. The number of hydrogen-bond donors (Lipinski definition) is 1. The maximum absolute atomic E-state index is 13.2. The lowest BCUT2D eigenvalue weighted by molar-refractivity contribution is 0.474. The third-order valence-corrected chi connectivity index (χ3v) is 3.10. The SMILES string of the molecule is Cc1cc(F)ccc1-n1nnnc1C(C)NCC(C)C. The summed E-state index contributed by atoms with van der Waals surface area (Å²) in [6.07, 6.45) is 0. The summed E-state index contributed by atoms with van der Waals surface area (Å²) >= 11 is 0. The monoisotopic (exact) mass is 277 g/mol.